The summed E-state index contributed by atoms with van der Waals surface area (Å²) < 4.78 is 0. The Labute approximate surface area is 69.8 Å². The van der Waals surface area contributed by atoms with Crippen LogP contribution in [0.5, 0.6) is 0 Å². The molecular weight excluding hydrogens is 134 g/mol. The van der Waals surface area contributed by atoms with Crippen molar-refractivity contribution in [2.24, 2.45) is 0 Å². The fraction of sp³-hybridized carbons (Fsp3) is 1.00. The summed E-state index contributed by atoms with van der Waals surface area (Å²) in [6.45, 7) is 6.17. The maximum absolute atomic E-state index is 2.73. The SMILES string of the molecule is CC1(C)CCCC2CCCN21. The van der Waals surface area contributed by atoms with Gasteiger partial charge in [-0.3, -0.25) is 4.90 Å². The van der Waals surface area contributed by atoms with Gasteiger partial charge in [0.25, 0.3) is 0 Å². The Morgan fingerprint density at radius 1 is 1.18 bits per heavy atom. The molecule has 2 rings (SSSR count). The van der Waals surface area contributed by atoms with E-state index in [4.69, 9.17) is 0 Å². The summed E-state index contributed by atoms with van der Waals surface area (Å²) in [5, 5.41) is 0. The van der Waals surface area contributed by atoms with Gasteiger partial charge in [-0.25, -0.2) is 0 Å². The summed E-state index contributed by atoms with van der Waals surface area (Å²) in [6, 6.07) is 0.943. The Hall–Kier alpha value is -0.0400. The van der Waals surface area contributed by atoms with Crippen LogP contribution in [-0.2, 0) is 0 Å². The van der Waals surface area contributed by atoms with Crippen LogP contribution in [0.1, 0.15) is 46.0 Å². The number of fused-ring (bicyclic) bond motifs is 1. The molecule has 0 saturated carbocycles. The van der Waals surface area contributed by atoms with Crippen molar-refractivity contribution in [2.75, 3.05) is 6.54 Å². The highest BCUT2D eigenvalue weighted by Crippen LogP contribution is 2.36. The monoisotopic (exact) mass is 153 g/mol. The quantitative estimate of drug-likeness (QED) is 0.516. The van der Waals surface area contributed by atoms with Crippen LogP contribution >= 0.6 is 0 Å². The lowest BCUT2D eigenvalue weighted by Crippen LogP contribution is -2.49. The lowest BCUT2D eigenvalue weighted by atomic mass is 9.87. The second kappa shape index (κ2) is 2.48. The van der Waals surface area contributed by atoms with Crippen LogP contribution in [0.3, 0.4) is 0 Å². The second-order valence-electron chi connectivity index (χ2n) is 4.69. The fourth-order valence-electron chi connectivity index (χ4n) is 2.85. The van der Waals surface area contributed by atoms with Crippen molar-refractivity contribution in [3.8, 4) is 0 Å². The highest BCUT2D eigenvalue weighted by molar-refractivity contribution is 4.94. The van der Waals surface area contributed by atoms with Gasteiger partial charge < -0.3 is 0 Å². The standard InChI is InChI=1S/C10H19N/c1-10(2)7-3-5-9-6-4-8-11(9)10/h9H,3-8H2,1-2H3. The Balaban J connectivity index is 2.13. The molecule has 0 aromatic rings. The first-order valence-corrected chi connectivity index (χ1v) is 4.97. The van der Waals surface area contributed by atoms with E-state index < -0.39 is 0 Å². The summed E-state index contributed by atoms with van der Waals surface area (Å²) in [6.07, 6.45) is 7.22. The van der Waals surface area contributed by atoms with Crippen LogP contribution in [0.4, 0.5) is 0 Å². The van der Waals surface area contributed by atoms with E-state index in [0.717, 1.165) is 6.04 Å². The molecule has 2 saturated heterocycles. The van der Waals surface area contributed by atoms with Crippen LogP contribution in [0.2, 0.25) is 0 Å². The minimum atomic E-state index is 0.513. The normalized spacial score (nSPS) is 37.1. The first-order valence-electron chi connectivity index (χ1n) is 4.97. The fourth-order valence-corrected chi connectivity index (χ4v) is 2.85. The van der Waals surface area contributed by atoms with Gasteiger partial charge in [0.05, 0.1) is 0 Å². The molecular formula is C10H19N. The van der Waals surface area contributed by atoms with E-state index in [2.05, 4.69) is 18.7 Å². The molecule has 0 amide bonds. The zero-order valence-electron chi connectivity index (χ0n) is 7.77. The van der Waals surface area contributed by atoms with Gasteiger partial charge in [0.2, 0.25) is 0 Å². The summed E-state index contributed by atoms with van der Waals surface area (Å²) in [5.74, 6) is 0. The molecule has 1 atom stereocenters. The molecule has 0 N–H and O–H groups in total. The van der Waals surface area contributed by atoms with Crippen molar-refractivity contribution < 1.29 is 0 Å². The molecule has 2 aliphatic rings. The first-order chi connectivity index (χ1) is 5.20. The third-order valence-electron chi connectivity index (χ3n) is 3.48. The summed E-state index contributed by atoms with van der Waals surface area (Å²) in [4.78, 5) is 2.73. The van der Waals surface area contributed by atoms with Crippen molar-refractivity contribution in [3.05, 3.63) is 0 Å². The van der Waals surface area contributed by atoms with Gasteiger partial charge in [0.1, 0.15) is 0 Å². The molecule has 0 radical (unpaired) electrons. The van der Waals surface area contributed by atoms with Crippen molar-refractivity contribution in [3.63, 3.8) is 0 Å². The molecule has 1 unspecified atom stereocenters. The number of rotatable bonds is 0. The third-order valence-corrected chi connectivity index (χ3v) is 3.48. The zero-order chi connectivity index (χ0) is 7.90. The van der Waals surface area contributed by atoms with Gasteiger partial charge in [0, 0.05) is 11.6 Å². The molecule has 0 bridgehead atoms. The van der Waals surface area contributed by atoms with E-state index in [1.165, 1.54) is 38.6 Å². The third kappa shape index (κ3) is 1.20. The van der Waals surface area contributed by atoms with Crippen molar-refractivity contribution in [2.45, 2.75) is 57.5 Å². The molecule has 0 spiro atoms. The molecule has 2 heterocycles. The topological polar surface area (TPSA) is 3.24 Å². The summed E-state index contributed by atoms with van der Waals surface area (Å²) in [7, 11) is 0. The molecule has 2 fully saturated rings. The Morgan fingerprint density at radius 2 is 1.91 bits per heavy atom. The number of nitrogens with zero attached hydrogens (tertiary/aromatic N) is 1. The van der Waals surface area contributed by atoms with Crippen LogP contribution in [0, 0.1) is 0 Å². The smallest absolute Gasteiger partial charge is 0.0156 e. The van der Waals surface area contributed by atoms with E-state index in [1.807, 2.05) is 0 Å². The lowest BCUT2D eigenvalue weighted by Gasteiger charge is -2.44. The zero-order valence-corrected chi connectivity index (χ0v) is 7.77. The number of hydrogen-bond donors (Lipinski definition) is 0. The highest BCUT2D eigenvalue weighted by atomic mass is 15.2. The Kier molecular flexibility index (Phi) is 1.71. The molecule has 2 aliphatic heterocycles. The molecule has 11 heavy (non-hydrogen) atoms. The van der Waals surface area contributed by atoms with Gasteiger partial charge in [-0.1, -0.05) is 6.42 Å². The molecule has 0 aromatic carbocycles. The Morgan fingerprint density at radius 3 is 2.64 bits per heavy atom. The minimum Gasteiger partial charge on any atom is -0.295 e. The van der Waals surface area contributed by atoms with Crippen molar-refractivity contribution >= 4 is 0 Å². The van der Waals surface area contributed by atoms with Gasteiger partial charge in [0.15, 0.2) is 0 Å². The van der Waals surface area contributed by atoms with Gasteiger partial charge in [-0.15, -0.1) is 0 Å². The van der Waals surface area contributed by atoms with E-state index >= 15 is 0 Å². The predicted molar refractivity (Wildman–Crippen MR) is 47.7 cm³/mol. The van der Waals surface area contributed by atoms with Crippen molar-refractivity contribution in [1.29, 1.82) is 0 Å². The molecule has 1 heteroatoms. The predicted octanol–water partition coefficient (Wildman–Crippen LogP) is 2.41. The number of hydrogen-bond acceptors (Lipinski definition) is 1. The van der Waals surface area contributed by atoms with Gasteiger partial charge >= 0.3 is 0 Å². The van der Waals surface area contributed by atoms with Crippen LogP contribution < -0.4 is 0 Å². The maximum Gasteiger partial charge on any atom is 0.0156 e. The van der Waals surface area contributed by atoms with E-state index in [0.29, 0.717) is 5.54 Å². The average molecular weight is 153 g/mol. The summed E-state index contributed by atoms with van der Waals surface area (Å²) >= 11 is 0. The lowest BCUT2D eigenvalue weighted by molar-refractivity contribution is 0.0567. The highest BCUT2D eigenvalue weighted by Gasteiger charge is 2.38. The van der Waals surface area contributed by atoms with Crippen molar-refractivity contribution in [1.82, 2.24) is 4.90 Å². The molecule has 64 valence electrons. The van der Waals surface area contributed by atoms with Crippen LogP contribution in [0.15, 0.2) is 0 Å². The van der Waals surface area contributed by atoms with Gasteiger partial charge in [-0.05, 0) is 46.1 Å². The van der Waals surface area contributed by atoms with Gasteiger partial charge in [-0.2, -0.15) is 0 Å². The molecule has 0 aliphatic carbocycles. The van der Waals surface area contributed by atoms with Crippen LogP contribution in [-0.4, -0.2) is 23.0 Å². The minimum absolute atomic E-state index is 0.513. The van der Waals surface area contributed by atoms with Crippen LogP contribution in [0.25, 0.3) is 0 Å². The van der Waals surface area contributed by atoms with E-state index in [1.54, 1.807) is 0 Å². The maximum atomic E-state index is 2.73. The summed E-state index contributed by atoms with van der Waals surface area (Å²) in [5.41, 5.74) is 0.513. The largest absolute Gasteiger partial charge is 0.295 e. The van der Waals surface area contributed by atoms with E-state index in [9.17, 15) is 0 Å². The molecule has 1 nitrogen and oxygen atoms in total. The second-order valence-corrected chi connectivity index (χ2v) is 4.69. The van der Waals surface area contributed by atoms with E-state index in [-0.39, 0.29) is 0 Å². The average Bonchev–Trinajstić information content (AvgIpc) is 2.34. The molecule has 0 aromatic heterocycles. The Bertz CT molecular complexity index is 151. The first kappa shape index (κ1) is 7.60. The number of piperidine rings is 1.